The zero-order valence-electron chi connectivity index (χ0n) is 11.9. The molecule has 23 heavy (non-hydrogen) atoms. The molecule has 5 atom stereocenters. The van der Waals surface area contributed by atoms with Crippen molar-refractivity contribution in [3.8, 4) is 5.75 Å². The third-order valence-electron chi connectivity index (χ3n) is 3.81. The minimum atomic E-state index is -1.74. The summed E-state index contributed by atoms with van der Waals surface area (Å²) in [6, 6.07) is 12.6. The van der Waals surface area contributed by atoms with Gasteiger partial charge in [-0.1, -0.05) is 36.4 Å². The second kappa shape index (κ2) is 6.13. The van der Waals surface area contributed by atoms with Crippen LogP contribution in [0, 0.1) is 0 Å². The molecule has 2 aromatic rings. The van der Waals surface area contributed by atoms with Gasteiger partial charge in [-0.2, -0.15) is 0 Å². The molecule has 0 saturated carbocycles. The largest absolute Gasteiger partial charge is 0.479 e. The van der Waals surface area contributed by atoms with Gasteiger partial charge < -0.3 is 29.9 Å². The summed E-state index contributed by atoms with van der Waals surface area (Å²) in [5.74, 6) is -1.07. The summed E-state index contributed by atoms with van der Waals surface area (Å²) in [6.07, 6.45) is -8.12. The maximum Gasteiger partial charge on any atom is 0.335 e. The van der Waals surface area contributed by atoms with Crippen molar-refractivity contribution in [2.45, 2.75) is 30.7 Å². The zero-order valence-corrected chi connectivity index (χ0v) is 11.9. The molecular weight excluding hydrogens is 304 g/mol. The Hall–Kier alpha value is -2.19. The summed E-state index contributed by atoms with van der Waals surface area (Å²) >= 11 is 0. The van der Waals surface area contributed by atoms with E-state index in [4.69, 9.17) is 14.6 Å². The maximum atomic E-state index is 11.1. The summed E-state index contributed by atoms with van der Waals surface area (Å²) < 4.78 is 10.7. The van der Waals surface area contributed by atoms with Crippen molar-refractivity contribution in [1.29, 1.82) is 0 Å². The second-order valence-corrected chi connectivity index (χ2v) is 5.33. The smallest absolute Gasteiger partial charge is 0.335 e. The molecule has 0 aliphatic carbocycles. The predicted octanol–water partition coefficient (Wildman–Crippen LogP) is 0.111. The Balaban J connectivity index is 1.90. The molecule has 3 rings (SSSR count). The Morgan fingerprint density at radius 2 is 1.65 bits per heavy atom. The van der Waals surface area contributed by atoms with Crippen LogP contribution in [0.25, 0.3) is 10.8 Å². The van der Waals surface area contributed by atoms with Gasteiger partial charge in [-0.05, 0) is 11.5 Å². The Kier molecular flexibility index (Phi) is 4.18. The number of hydrogen-bond acceptors (Lipinski definition) is 6. The zero-order chi connectivity index (χ0) is 16.6. The van der Waals surface area contributed by atoms with Crippen LogP contribution in [0.1, 0.15) is 0 Å². The van der Waals surface area contributed by atoms with Crippen LogP contribution >= 0.6 is 0 Å². The molecule has 1 aliphatic rings. The standard InChI is InChI=1S/C16H16O7/c17-11-12(18)14(15(20)21)23-16(13(11)19)22-10-7-3-5-8-4-1-2-6-9(8)10/h1-7,11-14,16-19H,(H,20,21)/t11?,12-,13-,14?,16+/m0/s1. The Morgan fingerprint density at radius 1 is 0.957 bits per heavy atom. The highest BCUT2D eigenvalue weighted by Gasteiger charge is 2.48. The number of carboxylic acids is 1. The molecule has 0 radical (unpaired) electrons. The van der Waals surface area contributed by atoms with Crippen molar-refractivity contribution >= 4 is 16.7 Å². The minimum absolute atomic E-state index is 0.375. The first kappa shape index (κ1) is 15.7. The van der Waals surface area contributed by atoms with Gasteiger partial charge in [0.1, 0.15) is 24.1 Å². The lowest BCUT2D eigenvalue weighted by atomic mass is 9.99. The first-order valence-corrected chi connectivity index (χ1v) is 7.06. The van der Waals surface area contributed by atoms with E-state index in [1.165, 1.54) is 0 Å². The summed E-state index contributed by atoms with van der Waals surface area (Å²) in [6.45, 7) is 0. The lowest BCUT2D eigenvalue weighted by Crippen LogP contribution is -2.61. The number of aliphatic hydroxyl groups excluding tert-OH is 3. The number of hydrogen-bond donors (Lipinski definition) is 4. The van der Waals surface area contributed by atoms with Crippen LogP contribution in [-0.4, -0.2) is 57.1 Å². The van der Waals surface area contributed by atoms with Gasteiger partial charge in [0.2, 0.25) is 6.29 Å². The van der Waals surface area contributed by atoms with E-state index >= 15 is 0 Å². The van der Waals surface area contributed by atoms with E-state index in [2.05, 4.69) is 0 Å². The van der Waals surface area contributed by atoms with Crippen LogP contribution in [0.4, 0.5) is 0 Å². The molecule has 0 amide bonds. The molecule has 1 fully saturated rings. The molecular formula is C16H16O7. The lowest BCUT2D eigenvalue weighted by molar-refractivity contribution is -0.270. The SMILES string of the molecule is O=C(O)C1O[C@@H](Oc2cccc3ccccc23)[C@@H](O)C(O)[C@@H]1O. The molecule has 122 valence electrons. The first-order valence-electron chi connectivity index (χ1n) is 7.06. The van der Waals surface area contributed by atoms with Gasteiger partial charge >= 0.3 is 5.97 Å². The lowest BCUT2D eigenvalue weighted by Gasteiger charge is -2.38. The van der Waals surface area contributed by atoms with Crippen molar-refractivity contribution in [1.82, 2.24) is 0 Å². The number of carboxylic acid groups (broad SMARTS) is 1. The third kappa shape index (κ3) is 2.87. The summed E-state index contributed by atoms with van der Waals surface area (Å²) in [7, 11) is 0. The van der Waals surface area contributed by atoms with E-state index < -0.39 is 36.7 Å². The van der Waals surface area contributed by atoms with E-state index in [9.17, 15) is 20.1 Å². The van der Waals surface area contributed by atoms with Gasteiger partial charge in [0.15, 0.2) is 6.10 Å². The fourth-order valence-electron chi connectivity index (χ4n) is 2.57. The number of carbonyl (C=O) groups is 1. The minimum Gasteiger partial charge on any atom is -0.479 e. The van der Waals surface area contributed by atoms with Crippen LogP contribution in [0.2, 0.25) is 0 Å². The highest BCUT2D eigenvalue weighted by Crippen LogP contribution is 2.29. The number of fused-ring (bicyclic) bond motifs is 1. The van der Waals surface area contributed by atoms with Crippen LogP contribution in [-0.2, 0) is 9.53 Å². The van der Waals surface area contributed by atoms with Crippen LogP contribution in [0.15, 0.2) is 42.5 Å². The van der Waals surface area contributed by atoms with Crippen molar-refractivity contribution in [3.63, 3.8) is 0 Å². The van der Waals surface area contributed by atoms with E-state index in [1.54, 1.807) is 18.2 Å². The van der Waals surface area contributed by atoms with Crippen molar-refractivity contribution in [3.05, 3.63) is 42.5 Å². The van der Waals surface area contributed by atoms with Gasteiger partial charge in [0, 0.05) is 5.39 Å². The quantitative estimate of drug-likeness (QED) is 0.634. The summed E-state index contributed by atoms with van der Waals surface area (Å²) in [5.41, 5.74) is 0. The normalized spacial score (nSPS) is 31.0. The van der Waals surface area contributed by atoms with Crippen molar-refractivity contribution in [2.75, 3.05) is 0 Å². The number of ether oxygens (including phenoxy) is 2. The van der Waals surface area contributed by atoms with Gasteiger partial charge in [-0.3, -0.25) is 0 Å². The van der Waals surface area contributed by atoms with Crippen molar-refractivity contribution in [2.24, 2.45) is 0 Å². The number of rotatable bonds is 3. The number of aliphatic carboxylic acids is 1. The molecule has 1 saturated heterocycles. The first-order chi connectivity index (χ1) is 11.0. The Morgan fingerprint density at radius 3 is 2.39 bits per heavy atom. The van der Waals surface area contributed by atoms with Crippen LogP contribution in [0.5, 0.6) is 5.75 Å². The highest BCUT2D eigenvalue weighted by atomic mass is 16.7. The topological polar surface area (TPSA) is 116 Å². The molecule has 0 aromatic heterocycles. The van der Waals surface area contributed by atoms with Gasteiger partial charge in [0.05, 0.1) is 0 Å². The fourth-order valence-corrected chi connectivity index (χ4v) is 2.57. The van der Waals surface area contributed by atoms with Gasteiger partial charge in [-0.15, -0.1) is 0 Å². The highest BCUT2D eigenvalue weighted by molar-refractivity contribution is 5.88. The average molecular weight is 320 g/mol. The van der Waals surface area contributed by atoms with Crippen molar-refractivity contribution < 1.29 is 34.7 Å². The molecule has 7 nitrogen and oxygen atoms in total. The van der Waals surface area contributed by atoms with E-state index in [1.807, 2.05) is 24.3 Å². The molecule has 1 aliphatic heterocycles. The van der Waals surface area contributed by atoms with E-state index in [0.29, 0.717) is 5.75 Å². The van der Waals surface area contributed by atoms with E-state index in [-0.39, 0.29) is 0 Å². The molecule has 0 spiro atoms. The van der Waals surface area contributed by atoms with Crippen LogP contribution in [0.3, 0.4) is 0 Å². The maximum absolute atomic E-state index is 11.1. The van der Waals surface area contributed by atoms with Gasteiger partial charge in [0.25, 0.3) is 0 Å². The molecule has 7 heteroatoms. The fraction of sp³-hybridized carbons (Fsp3) is 0.312. The molecule has 1 heterocycles. The second-order valence-electron chi connectivity index (χ2n) is 5.33. The molecule has 2 unspecified atom stereocenters. The molecule has 2 aromatic carbocycles. The van der Waals surface area contributed by atoms with E-state index in [0.717, 1.165) is 10.8 Å². The Labute approximate surface area is 131 Å². The van der Waals surface area contributed by atoms with Gasteiger partial charge in [-0.25, -0.2) is 4.79 Å². The number of aliphatic hydroxyl groups is 3. The third-order valence-corrected chi connectivity index (χ3v) is 3.81. The predicted molar refractivity (Wildman–Crippen MR) is 78.9 cm³/mol. The molecule has 4 N–H and O–H groups in total. The summed E-state index contributed by atoms with van der Waals surface area (Å²) in [5, 5.41) is 40.1. The number of benzene rings is 2. The summed E-state index contributed by atoms with van der Waals surface area (Å²) in [4.78, 5) is 11.1. The van der Waals surface area contributed by atoms with Crippen LogP contribution < -0.4 is 4.74 Å². The average Bonchev–Trinajstić information content (AvgIpc) is 2.55. The Bertz CT molecular complexity index is 711. The molecule has 0 bridgehead atoms. The monoisotopic (exact) mass is 320 g/mol.